The van der Waals surface area contributed by atoms with Crippen LogP contribution in [0.3, 0.4) is 0 Å². The molecule has 10 heteroatoms. The minimum Gasteiger partial charge on any atom is -0.391 e. The molecule has 0 unspecified atom stereocenters. The fraction of sp³-hybridized carbons (Fsp3) is 0.429. The number of halogens is 3. The third-order valence-corrected chi connectivity index (χ3v) is 5.73. The van der Waals surface area contributed by atoms with Crippen molar-refractivity contribution < 1.29 is 22.8 Å². The van der Waals surface area contributed by atoms with E-state index in [0.29, 0.717) is 11.0 Å². The van der Waals surface area contributed by atoms with E-state index in [2.05, 4.69) is 20.1 Å². The van der Waals surface area contributed by atoms with Crippen LogP contribution in [0.1, 0.15) is 24.1 Å². The molecule has 0 saturated heterocycles. The Hall–Kier alpha value is -2.85. The molecule has 0 amide bonds. The molecule has 2 heterocycles. The number of likely N-dealkylation sites (N-methyl/N-ethyl adjacent to an activating group) is 1. The van der Waals surface area contributed by atoms with E-state index in [-0.39, 0.29) is 31.0 Å². The maximum atomic E-state index is 15.2. The molecule has 31 heavy (non-hydrogen) atoms. The highest BCUT2D eigenvalue weighted by Gasteiger charge is 2.48. The summed E-state index contributed by atoms with van der Waals surface area (Å²) in [4.78, 5) is 11.8. The van der Waals surface area contributed by atoms with Gasteiger partial charge >= 0.3 is 0 Å². The van der Waals surface area contributed by atoms with Crippen molar-refractivity contribution in [3.63, 3.8) is 0 Å². The first-order valence-corrected chi connectivity index (χ1v) is 9.85. The molecule has 0 bridgehead atoms. The van der Waals surface area contributed by atoms with Crippen molar-refractivity contribution in [2.45, 2.75) is 24.8 Å². The Kier molecular flexibility index (Phi) is 6.71. The Labute approximate surface area is 178 Å². The van der Waals surface area contributed by atoms with Gasteiger partial charge in [0.15, 0.2) is 5.82 Å². The van der Waals surface area contributed by atoms with Gasteiger partial charge in [-0.15, -0.1) is 0 Å². The Balaban J connectivity index is 2.27. The highest BCUT2D eigenvalue weighted by atomic mass is 19.1. The van der Waals surface area contributed by atoms with Crippen LogP contribution in [-0.2, 0) is 12.0 Å². The van der Waals surface area contributed by atoms with Crippen molar-refractivity contribution in [3.8, 4) is 0 Å². The molecule has 166 valence electrons. The van der Waals surface area contributed by atoms with Gasteiger partial charge in [0.2, 0.25) is 0 Å². The predicted molar refractivity (Wildman–Crippen MR) is 107 cm³/mol. The van der Waals surface area contributed by atoms with Crippen LogP contribution in [0.2, 0.25) is 0 Å². The first kappa shape index (κ1) is 22.8. The molecule has 0 fully saturated rings. The lowest BCUT2D eigenvalue weighted by atomic mass is 9.68. The van der Waals surface area contributed by atoms with E-state index < -0.39 is 28.8 Å². The largest absolute Gasteiger partial charge is 0.391 e. The molecule has 0 aliphatic heterocycles. The zero-order valence-electron chi connectivity index (χ0n) is 17.7. The van der Waals surface area contributed by atoms with Gasteiger partial charge in [0, 0.05) is 17.5 Å². The molecule has 1 N–H and O–H groups in total. The number of benzene rings is 1. The Morgan fingerprint density at radius 2 is 1.90 bits per heavy atom. The average Bonchev–Trinajstić information content (AvgIpc) is 3.20. The molecule has 1 aromatic carbocycles. The van der Waals surface area contributed by atoms with Gasteiger partial charge in [0.05, 0.1) is 51.1 Å². The van der Waals surface area contributed by atoms with Gasteiger partial charge in [-0.25, -0.2) is 28.1 Å². The van der Waals surface area contributed by atoms with Crippen LogP contribution in [0.25, 0.3) is 0 Å². The normalized spacial score (nSPS) is 14.9. The summed E-state index contributed by atoms with van der Waals surface area (Å²) in [5, 5.41) is 13.7. The second-order valence-corrected chi connectivity index (χ2v) is 8.39. The van der Waals surface area contributed by atoms with Gasteiger partial charge in [0.25, 0.3) is 0 Å². The van der Waals surface area contributed by atoms with Crippen molar-refractivity contribution in [2.24, 2.45) is 0 Å². The number of aromatic nitrogens is 5. The van der Waals surface area contributed by atoms with Gasteiger partial charge < -0.3 is 9.59 Å². The van der Waals surface area contributed by atoms with E-state index in [0.717, 1.165) is 12.3 Å². The van der Waals surface area contributed by atoms with E-state index in [1.54, 1.807) is 6.92 Å². The summed E-state index contributed by atoms with van der Waals surface area (Å²) in [6.07, 6.45) is 5.15. The standard InChI is InChI=1S/C21H26F3N6O/c1-15(20-19(24)9-25-12-27-20)21(10-29-14-26-13-28-29,11-30(2,3)6-7-31)17-5-4-16(22)8-18(17)23/h4-5,8-9,12-15,31H,6-7,10-11H2,1-3H3/q+1/t15-,21+/m1/s1. The number of rotatable bonds is 9. The molecular weight excluding hydrogens is 409 g/mol. The molecule has 3 rings (SSSR count). The number of aliphatic hydroxyl groups excluding tert-OH is 1. The Morgan fingerprint density at radius 3 is 2.52 bits per heavy atom. The van der Waals surface area contributed by atoms with Crippen LogP contribution < -0.4 is 0 Å². The summed E-state index contributed by atoms with van der Waals surface area (Å²) in [6.45, 7) is 2.45. The van der Waals surface area contributed by atoms with Crippen LogP contribution >= 0.6 is 0 Å². The lowest BCUT2D eigenvalue weighted by molar-refractivity contribution is -0.895. The number of quaternary nitrogens is 1. The summed E-state index contributed by atoms with van der Waals surface area (Å²) in [5.74, 6) is -2.73. The molecule has 2 aromatic heterocycles. The second-order valence-electron chi connectivity index (χ2n) is 8.39. The van der Waals surface area contributed by atoms with E-state index in [1.165, 1.54) is 35.8 Å². The van der Waals surface area contributed by atoms with Crippen molar-refractivity contribution in [1.29, 1.82) is 0 Å². The molecule has 0 aliphatic rings. The highest BCUT2D eigenvalue weighted by Crippen LogP contribution is 2.43. The van der Waals surface area contributed by atoms with Crippen LogP contribution in [0.4, 0.5) is 13.2 Å². The fourth-order valence-corrected chi connectivity index (χ4v) is 4.24. The van der Waals surface area contributed by atoms with Crippen molar-refractivity contribution in [1.82, 2.24) is 24.7 Å². The smallest absolute Gasteiger partial charge is 0.163 e. The lowest BCUT2D eigenvalue weighted by Gasteiger charge is -2.44. The first-order valence-electron chi connectivity index (χ1n) is 9.85. The zero-order chi connectivity index (χ0) is 22.6. The Bertz CT molecular complexity index is 1010. The number of nitrogens with zero attached hydrogens (tertiary/aromatic N) is 6. The topological polar surface area (TPSA) is 76.7 Å². The maximum Gasteiger partial charge on any atom is 0.163 e. The summed E-state index contributed by atoms with van der Waals surface area (Å²) < 4.78 is 45.6. The van der Waals surface area contributed by atoms with E-state index in [1.807, 2.05) is 14.1 Å². The number of hydrogen-bond donors (Lipinski definition) is 1. The number of aliphatic hydroxyl groups is 1. The average molecular weight is 435 g/mol. The first-order chi connectivity index (χ1) is 14.7. The molecule has 0 spiro atoms. The molecule has 0 radical (unpaired) electrons. The van der Waals surface area contributed by atoms with Gasteiger partial charge in [-0.2, -0.15) is 5.10 Å². The molecular formula is C21H26F3N6O+. The lowest BCUT2D eigenvalue weighted by Crippen LogP contribution is -2.55. The summed E-state index contributed by atoms with van der Waals surface area (Å²) in [6, 6.07) is 3.39. The molecule has 0 aliphatic carbocycles. The summed E-state index contributed by atoms with van der Waals surface area (Å²) in [5.41, 5.74) is -0.791. The maximum absolute atomic E-state index is 15.2. The monoisotopic (exact) mass is 435 g/mol. The van der Waals surface area contributed by atoms with E-state index in [9.17, 15) is 13.9 Å². The van der Waals surface area contributed by atoms with Crippen LogP contribution in [0.15, 0.2) is 43.4 Å². The fourth-order valence-electron chi connectivity index (χ4n) is 4.24. The van der Waals surface area contributed by atoms with Gasteiger partial charge in [-0.1, -0.05) is 13.0 Å². The van der Waals surface area contributed by atoms with E-state index in [4.69, 9.17) is 0 Å². The predicted octanol–water partition coefficient (Wildman–Crippen LogP) is 2.30. The van der Waals surface area contributed by atoms with Crippen LogP contribution in [0.5, 0.6) is 0 Å². The van der Waals surface area contributed by atoms with E-state index >= 15 is 4.39 Å². The zero-order valence-corrected chi connectivity index (χ0v) is 17.7. The second kappa shape index (κ2) is 9.11. The van der Waals surface area contributed by atoms with Crippen LogP contribution in [-0.4, -0.2) is 68.1 Å². The van der Waals surface area contributed by atoms with Crippen molar-refractivity contribution in [2.75, 3.05) is 33.8 Å². The molecule has 3 aromatic rings. The minimum atomic E-state index is -1.11. The molecule has 7 nitrogen and oxygen atoms in total. The Morgan fingerprint density at radius 1 is 1.13 bits per heavy atom. The van der Waals surface area contributed by atoms with Crippen molar-refractivity contribution in [3.05, 3.63) is 72.1 Å². The minimum absolute atomic E-state index is 0.0887. The molecule has 2 atom stereocenters. The SMILES string of the molecule is C[C@H](c1ncncc1F)[C@](Cn1cncn1)(C[N+](C)(C)CCO)c1ccc(F)cc1F. The van der Waals surface area contributed by atoms with Gasteiger partial charge in [-0.3, -0.25) is 4.68 Å². The third kappa shape index (κ3) is 4.91. The number of hydrogen-bond acceptors (Lipinski definition) is 5. The molecule has 0 saturated carbocycles. The highest BCUT2D eigenvalue weighted by molar-refractivity contribution is 5.33. The van der Waals surface area contributed by atoms with Crippen molar-refractivity contribution >= 4 is 0 Å². The summed E-state index contributed by atoms with van der Waals surface area (Å²) in [7, 11) is 3.77. The summed E-state index contributed by atoms with van der Waals surface area (Å²) >= 11 is 0. The third-order valence-electron chi connectivity index (χ3n) is 5.73. The van der Waals surface area contributed by atoms with Gasteiger partial charge in [-0.05, 0) is 6.07 Å². The van der Waals surface area contributed by atoms with Gasteiger partial charge in [0.1, 0.15) is 37.2 Å². The van der Waals surface area contributed by atoms with Crippen LogP contribution in [0, 0.1) is 17.5 Å². The quantitative estimate of drug-likeness (QED) is 0.522.